The third-order valence-electron chi connectivity index (χ3n) is 7.29. The maximum absolute atomic E-state index is 12.1. The molecule has 0 aliphatic carbocycles. The van der Waals surface area contributed by atoms with E-state index < -0.39 is 0 Å². The average molecular weight is 525 g/mol. The fraction of sp³-hybridized carbons (Fsp3) is 0.618. The number of hydrogen-bond acceptors (Lipinski definition) is 3. The number of rotatable bonds is 22. The first kappa shape index (κ1) is 31.9. The van der Waals surface area contributed by atoms with Gasteiger partial charge in [-0.25, -0.2) is 0 Å². The molecule has 0 N–H and O–H groups in total. The lowest BCUT2D eigenvalue weighted by atomic mass is 10.0. The van der Waals surface area contributed by atoms with Gasteiger partial charge < -0.3 is 14.0 Å². The van der Waals surface area contributed by atoms with Gasteiger partial charge in [0.2, 0.25) is 6.79 Å². The summed E-state index contributed by atoms with van der Waals surface area (Å²) in [6.07, 6.45) is 18.9. The number of nitrogens with zero attached hydrogens (tertiary/aromatic N) is 1. The summed E-state index contributed by atoms with van der Waals surface area (Å²) in [7, 11) is 4.40. The summed E-state index contributed by atoms with van der Waals surface area (Å²) in [6, 6.07) is 18.7. The third-order valence-corrected chi connectivity index (χ3v) is 7.29. The van der Waals surface area contributed by atoms with Gasteiger partial charge in [-0.3, -0.25) is 4.79 Å². The number of aryl methyl sites for hydroxylation is 1. The van der Waals surface area contributed by atoms with Gasteiger partial charge in [0.05, 0.1) is 27.1 Å². The molecule has 4 heteroatoms. The van der Waals surface area contributed by atoms with E-state index in [0.29, 0.717) is 6.42 Å². The Morgan fingerprint density at radius 2 is 1.26 bits per heavy atom. The minimum atomic E-state index is -0.201. The van der Waals surface area contributed by atoms with E-state index >= 15 is 0 Å². The second-order valence-electron chi connectivity index (χ2n) is 11.5. The summed E-state index contributed by atoms with van der Waals surface area (Å²) >= 11 is 0. The number of carbonyl (C=O) groups excluding carboxylic acids is 1. The van der Waals surface area contributed by atoms with Crippen LogP contribution in [0.15, 0.2) is 54.6 Å². The predicted octanol–water partition coefficient (Wildman–Crippen LogP) is 8.87. The molecule has 38 heavy (non-hydrogen) atoms. The normalized spacial score (nSPS) is 11.4. The van der Waals surface area contributed by atoms with Crippen molar-refractivity contribution in [2.45, 2.75) is 110 Å². The molecule has 0 amide bonds. The first-order valence-corrected chi connectivity index (χ1v) is 15.2. The van der Waals surface area contributed by atoms with Crippen molar-refractivity contribution in [3.05, 3.63) is 65.7 Å². The molecular formula is C34H54NO3+. The summed E-state index contributed by atoms with van der Waals surface area (Å²) < 4.78 is 11.8. The van der Waals surface area contributed by atoms with E-state index in [2.05, 4.69) is 57.4 Å². The lowest BCUT2D eigenvalue weighted by Crippen LogP contribution is -2.39. The Labute approximate surface area is 233 Å². The molecule has 0 unspecified atom stereocenters. The highest BCUT2D eigenvalue weighted by Gasteiger charge is 2.16. The number of hydrogen-bond donors (Lipinski definition) is 0. The SMILES string of the molecule is CCCCCCCCCCCCCCc1ccc(OCOC(=O)CCC[N+](C)(C)Cc2ccccc2)cc1. The van der Waals surface area contributed by atoms with Gasteiger partial charge in [0.25, 0.3) is 0 Å². The zero-order valence-electron chi connectivity index (χ0n) is 24.6. The van der Waals surface area contributed by atoms with Gasteiger partial charge in [-0.15, -0.1) is 0 Å². The summed E-state index contributed by atoms with van der Waals surface area (Å²) in [5, 5.41) is 0. The van der Waals surface area contributed by atoms with Crippen LogP contribution >= 0.6 is 0 Å². The van der Waals surface area contributed by atoms with E-state index in [1.807, 2.05) is 18.2 Å². The molecule has 0 spiro atoms. The summed E-state index contributed by atoms with van der Waals surface area (Å²) in [5.41, 5.74) is 2.66. The zero-order chi connectivity index (χ0) is 27.3. The van der Waals surface area contributed by atoms with Crippen molar-refractivity contribution in [2.24, 2.45) is 0 Å². The number of carbonyl (C=O) groups is 1. The highest BCUT2D eigenvalue weighted by Crippen LogP contribution is 2.16. The fourth-order valence-electron chi connectivity index (χ4n) is 4.97. The van der Waals surface area contributed by atoms with Crippen LogP contribution in [0.2, 0.25) is 0 Å². The van der Waals surface area contributed by atoms with Gasteiger partial charge in [0.1, 0.15) is 12.3 Å². The minimum absolute atomic E-state index is 0.0286. The van der Waals surface area contributed by atoms with Crippen molar-refractivity contribution in [1.82, 2.24) is 0 Å². The van der Waals surface area contributed by atoms with Gasteiger partial charge >= 0.3 is 5.97 Å². The smallest absolute Gasteiger partial charge is 0.308 e. The molecule has 0 heterocycles. The standard InChI is InChI=1S/C34H54NO3/c1-4-5-6-7-8-9-10-11-12-13-14-16-20-31-24-26-33(27-25-31)37-30-38-34(36)23-19-28-35(2,3)29-32-21-17-15-18-22-32/h15,17-18,21-22,24-27H,4-14,16,19-20,23,28-30H2,1-3H3/q+1. The highest BCUT2D eigenvalue weighted by molar-refractivity contribution is 5.69. The fourth-order valence-corrected chi connectivity index (χ4v) is 4.97. The Balaban J connectivity index is 1.46. The van der Waals surface area contributed by atoms with E-state index in [0.717, 1.165) is 36.2 Å². The van der Waals surface area contributed by atoms with Gasteiger partial charge in [-0.1, -0.05) is 120 Å². The summed E-state index contributed by atoms with van der Waals surface area (Å²) in [6.45, 7) is 4.13. The Hall–Kier alpha value is -2.33. The van der Waals surface area contributed by atoms with Crippen molar-refractivity contribution in [1.29, 1.82) is 0 Å². The molecule has 2 aromatic rings. The molecule has 0 radical (unpaired) electrons. The van der Waals surface area contributed by atoms with Gasteiger partial charge in [0.15, 0.2) is 0 Å². The first-order valence-electron chi connectivity index (χ1n) is 15.2. The summed E-state index contributed by atoms with van der Waals surface area (Å²) in [5.74, 6) is 0.546. The van der Waals surface area contributed by atoms with E-state index in [1.54, 1.807) is 0 Å². The van der Waals surface area contributed by atoms with Crippen molar-refractivity contribution in [2.75, 3.05) is 27.4 Å². The van der Waals surface area contributed by atoms with E-state index in [1.165, 1.54) is 88.2 Å². The molecule has 2 aromatic carbocycles. The van der Waals surface area contributed by atoms with Crippen molar-refractivity contribution < 1.29 is 18.8 Å². The number of ether oxygens (including phenoxy) is 2. The predicted molar refractivity (Wildman–Crippen MR) is 159 cm³/mol. The molecule has 0 atom stereocenters. The topological polar surface area (TPSA) is 35.5 Å². The minimum Gasteiger partial charge on any atom is -0.457 e. The van der Waals surface area contributed by atoms with Gasteiger partial charge in [-0.2, -0.15) is 0 Å². The Morgan fingerprint density at radius 1 is 0.684 bits per heavy atom. The molecule has 0 aromatic heterocycles. The van der Waals surface area contributed by atoms with Crippen LogP contribution < -0.4 is 4.74 Å². The Bertz CT molecular complexity index is 848. The number of quaternary nitrogens is 1. The lowest BCUT2D eigenvalue weighted by Gasteiger charge is -2.29. The number of unbranched alkanes of at least 4 members (excludes halogenated alkanes) is 11. The van der Waals surface area contributed by atoms with Crippen LogP contribution in [0, 0.1) is 0 Å². The van der Waals surface area contributed by atoms with Crippen LogP contribution in [-0.4, -0.2) is 37.9 Å². The van der Waals surface area contributed by atoms with Crippen LogP contribution in [0.4, 0.5) is 0 Å². The second kappa shape index (κ2) is 19.7. The van der Waals surface area contributed by atoms with Crippen LogP contribution in [0.5, 0.6) is 5.75 Å². The Kier molecular flexibility index (Phi) is 16.5. The van der Waals surface area contributed by atoms with Crippen molar-refractivity contribution >= 4 is 5.97 Å². The molecule has 4 nitrogen and oxygen atoms in total. The maximum atomic E-state index is 12.1. The lowest BCUT2D eigenvalue weighted by molar-refractivity contribution is -0.903. The van der Waals surface area contributed by atoms with E-state index in [-0.39, 0.29) is 12.8 Å². The molecular weight excluding hydrogens is 470 g/mol. The van der Waals surface area contributed by atoms with Crippen LogP contribution in [0.3, 0.4) is 0 Å². The molecule has 0 aliphatic rings. The second-order valence-corrected chi connectivity index (χ2v) is 11.5. The van der Waals surface area contributed by atoms with Crippen LogP contribution in [0.25, 0.3) is 0 Å². The highest BCUT2D eigenvalue weighted by atomic mass is 16.7. The number of esters is 1. The zero-order valence-corrected chi connectivity index (χ0v) is 24.6. The monoisotopic (exact) mass is 524 g/mol. The number of benzene rings is 2. The molecule has 0 saturated heterocycles. The molecule has 0 aliphatic heterocycles. The van der Waals surface area contributed by atoms with Crippen molar-refractivity contribution in [3.8, 4) is 5.75 Å². The quantitative estimate of drug-likeness (QED) is 0.0668. The van der Waals surface area contributed by atoms with E-state index in [9.17, 15) is 4.79 Å². The molecule has 212 valence electrons. The van der Waals surface area contributed by atoms with Gasteiger partial charge in [0, 0.05) is 12.0 Å². The van der Waals surface area contributed by atoms with Crippen molar-refractivity contribution in [3.63, 3.8) is 0 Å². The molecule has 0 bridgehead atoms. The van der Waals surface area contributed by atoms with Crippen LogP contribution in [0.1, 0.15) is 108 Å². The average Bonchev–Trinajstić information content (AvgIpc) is 2.90. The first-order chi connectivity index (χ1) is 18.5. The summed E-state index contributed by atoms with van der Waals surface area (Å²) in [4.78, 5) is 12.1. The third kappa shape index (κ3) is 15.8. The van der Waals surface area contributed by atoms with Crippen LogP contribution in [-0.2, 0) is 22.5 Å². The maximum Gasteiger partial charge on any atom is 0.308 e. The molecule has 0 saturated carbocycles. The molecule has 0 fully saturated rings. The largest absolute Gasteiger partial charge is 0.457 e. The van der Waals surface area contributed by atoms with Gasteiger partial charge in [-0.05, 0) is 30.5 Å². The van der Waals surface area contributed by atoms with E-state index in [4.69, 9.17) is 9.47 Å². The Morgan fingerprint density at radius 3 is 1.87 bits per heavy atom. The molecule has 2 rings (SSSR count).